The van der Waals surface area contributed by atoms with Crippen LogP contribution < -0.4 is 20.5 Å². The average molecular weight is 649 g/mol. The van der Waals surface area contributed by atoms with Gasteiger partial charge in [-0.2, -0.15) is 0 Å². The second-order valence-electron chi connectivity index (χ2n) is 11.5. The Morgan fingerprint density at radius 3 is 2.33 bits per heavy atom. The Labute approximate surface area is 279 Å². The Kier molecular flexibility index (Phi) is 10.4. The van der Waals surface area contributed by atoms with Crippen molar-refractivity contribution in [1.82, 2.24) is 14.9 Å². The minimum Gasteiger partial charge on any atom is -0.466 e. The van der Waals surface area contributed by atoms with Crippen LogP contribution in [-0.2, 0) is 16.6 Å². The lowest BCUT2D eigenvalue weighted by molar-refractivity contribution is -0.143. The van der Waals surface area contributed by atoms with Crippen molar-refractivity contribution in [1.29, 1.82) is 0 Å². The quantitative estimate of drug-likeness (QED) is 0.146. The number of ether oxygens (including phenoxy) is 2. The number of rotatable bonds is 12. The first-order chi connectivity index (χ1) is 23.1. The molecule has 10 heteroatoms. The summed E-state index contributed by atoms with van der Waals surface area (Å²) in [4.78, 5) is 56.9. The minimum atomic E-state index is -0.321. The number of nitrogens with zero attached hydrogens (tertiary/aromatic N) is 2. The summed E-state index contributed by atoms with van der Waals surface area (Å²) in [5.74, 6) is 0.150. The van der Waals surface area contributed by atoms with E-state index >= 15 is 0 Å². The van der Waals surface area contributed by atoms with E-state index in [0.29, 0.717) is 65.4 Å². The van der Waals surface area contributed by atoms with Crippen LogP contribution in [0.5, 0.6) is 11.5 Å². The number of benzene rings is 3. The number of para-hydroxylation sites is 2. The molecule has 0 radical (unpaired) electrons. The van der Waals surface area contributed by atoms with Crippen molar-refractivity contribution in [2.45, 2.75) is 40.5 Å². The van der Waals surface area contributed by atoms with Gasteiger partial charge < -0.3 is 29.2 Å². The largest absolute Gasteiger partial charge is 0.466 e. The molecule has 2 aromatic heterocycles. The van der Waals surface area contributed by atoms with Gasteiger partial charge in [0.15, 0.2) is 0 Å². The first-order valence-corrected chi connectivity index (χ1v) is 16.0. The molecule has 48 heavy (non-hydrogen) atoms. The summed E-state index contributed by atoms with van der Waals surface area (Å²) in [6.07, 6.45) is 2.31. The number of carbonyl (C=O) groups is 3. The van der Waals surface area contributed by atoms with Gasteiger partial charge in [0.1, 0.15) is 22.7 Å². The molecule has 0 spiro atoms. The van der Waals surface area contributed by atoms with Crippen molar-refractivity contribution in [2.75, 3.05) is 24.6 Å². The zero-order valence-corrected chi connectivity index (χ0v) is 27.9. The van der Waals surface area contributed by atoms with Gasteiger partial charge in [0.2, 0.25) is 0 Å². The van der Waals surface area contributed by atoms with Gasteiger partial charge in [-0.3, -0.25) is 19.2 Å². The molecule has 0 aliphatic heterocycles. The second-order valence-corrected chi connectivity index (χ2v) is 11.5. The number of carbonyl (C=O) groups excluding carboxylic acids is 3. The highest BCUT2D eigenvalue weighted by molar-refractivity contribution is 6.08. The molecule has 0 saturated carbocycles. The Bertz CT molecular complexity index is 2010. The summed E-state index contributed by atoms with van der Waals surface area (Å²) >= 11 is 0. The van der Waals surface area contributed by atoms with Gasteiger partial charge in [-0.15, -0.1) is 0 Å². The average Bonchev–Trinajstić information content (AvgIpc) is 3.53. The third-order valence-corrected chi connectivity index (χ3v) is 8.07. The number of aryl methyl sites for hydroxylation is 3. The highest BCUT2D eigenvalue weighted by Gasteiger charge is 2.23. The summed E-state index contributed by atoms with van der Waals surface area (Å²) in [6, 6.07) is 22.0. The Morgan fingerprint density at radius 1 is 0.917 bits per heavy atom. The van der Waals surface area contributed by atoms with Gasteiger partial charge >= 0.3 is 5.97 Å². The number of anilines is 1. The topological polar surface area (TPSA) is 123 Å². The maximum Gasteiger partial charge on any atom is 0.305 e. The van der Waals surface area contributed by atoms with Crippen molar-refractivity contribution < 1.29 is 23.9 Å². The summed E-state index contributed by atoms with van der Waals surface area (Å²) in [5.41, 5.74) is 4.43. The third-order valence-electron chi connectivity index (χ3n) is 8.07. The van der Waals surface area contributed by atoms with E-state index in [2.05, 4.69) is 10.3 Å². The zero-order valence-electron chi connectivity index (χ0n) is 27.9. The van der Waals surface area contributed by atoms with Crippen molar-refractivity contribution in [3.05, 3.63) is 112 Å². The number of H-pyrrole nitrogens is 1. The van der Waals surface area contributed by atoms with E-state index in [4.69, 9.17) is 9.47 Å². The number of esters is 1. The zero-order chi connectivity index (χ0) is 34.4. The number of nitrogens with one attached hydrogen (secondary N) is 2. The molecule has 2 heterocycles. The van der Waals surface area contributed by atoms with E-state index in [1.54, 1.807) is 49.3 Å². The molecular formula is C38H40N4O6. The third kappa shape index (κ3) is 7.17. The fourth-order valence-corrected chi connectivity index (χ4v) is 5.69. The maximum atomic E-state index is 14.2. The van der Waals surface area contributed by atoms with E-state index in [9.17, 15) is 19.2 Å². The van der Waals surface area contributed by atoms with Gasteiger partial charge in [-0.05, 0) is 81.6 Å². The molecule has 0 unspecified atom stereocenters. The molecule has 0 aliphatic carbocycles. The standard InChI is InChI=1S/C38H40N4O6/c1-6-39-36(44)31-22-29-30(23-41(5)38(46)34(29)40-31)28-19-18-26(21-32(28)48-35-24(3)13-11-14-25(35)4)37(45)42(27-15-9-8-10-16-27)20-12-17-33(43)47-7-2/h8-11,13-16,18-19,21-23,40H,6-7,12,17,20H2,1-5H3,(H,39,44). The smallest absolute Gasteiger partial charge is 0.305 e. The van der Waals surface area contributed by atoms with Gasteiger partial charge in [0.25, 0.3) is 17.4 Å². The number of aromatic amines is 1. The first-order valence-electron chi connectivity index (χ1n) is 16.0. The summed E-state index contributed by atoms with van der Waals surface area (Å²) in [7, 11) is 1.65. The van der Waals surface area contributed by atoms with Crippen molar-refractivity contribution in [2.24, 2.45) is 7.05 Å². The Morgan fingerprint density at radius 2 is 1.65 bits per heavy atom. The lowest BCUT2D eigenvalue weighted by Crippen LogP contribution is -2.32. The predicted octanol–water partition coefficient (Wildman–Crippen LogP) is 6.68. The number of hydrogen-bond acceptors (Lipinski definition) is 6. The van der Waals surface area contributed by atoms with E-state index in [-0.39, 0.29) is 41.0 Å². The SMILES string of the molecule is CCNC(=O)c1cc2c(-c3ccc(C(=O)N(CCCC(=O)OCC)c4ccccc4)cc3Oc3c(C)cccc3C)cn(C)c(=O)c2[nH]1. The first kappa shape index (κ1) is 33.7. The summed E-state index contributed by atoms with van der Waals surface area (Å²) in [5, 5.41) is 3.32. The van der Waals surface area contributed by atoms with E-state index in [1.165, 1.54) is 4.57 Å². The molecular weight excluding hydrogens is 608 g/mol. The molecule has 5 rings (SSSR count). The fraction of sp³-hybridized carbons (Fsp3) is 0.263. The molecule has 10 nitrogen and oxygen atoms in total. The highest BCUT2D eigenvalue weighted by atomic mass is 16.5. The monoisotopic (exact) mass is 648 g/mol. The molecule has 0 saturated heterocycles. The fourth-order valence-electron chi connectivity index (χ4n) is 5.69. The molecule has 3 aromatic carbocycles. The Balaban J connectivity index is 1.64. The van der Waals surface area contributed by atoms with Crippen LogP contribution in [0.4, 0.5) is 5.69 Å². The van der Waals surface area contributed by atoms with Gasteiger partial charge in [0, 0.05) is 60.5 Å². The molecule has 5 aromatic rings. The van der Waals surface area contributed by atoms with Crippen LogP contribution in [0, 0.1) is 13.8 Å². The van der Waals surface area contributed by atoms with Crippen molar-refractivity contribution in [3.63, 3.8) is 0 Å². The number of amides is 2. The van der Waals surface area contributed by atoms with Crippen LogP contribution >= 0.6 is 0 Å². The van der Waals surface area contributed by atoms with Crippen LogP contribution in [0.15, 0.2) is 83.8 Å². The van der Waals surface area contributed by atoms with Crippen LogP contribution in [-0.4, -0.2) is 47.0 Å². The van der Waals surface area contributed by atoms with E-state index in [0.717, 1.165) is 11.1 Å². The van der Waals surface area contributed by atoms with Gasteiger partial charge in [-0.1, -0.05) is 36.4 Å². The predicted molar refractivity (Wildman–Crippen MR) is 187 cm³/mol. The van der Waals surface area contributed by atoms with E-state index in [1.807, 2.05) is 69.3 Å². The van der Waals surface area contributed by atoms with Crippen molar-refractivity contribution in [3.8, 4) is 22.6 Å². The van der Waals surface area contributed by atoms with E-state index < -0.39 is 0 Å². The van der Waals surface area contributed by atoms with Crippen LogP contribution in [0.1, 0.15) is 58.7 Å². The Hall–Kier alpha value is -5.64. The molecule has 248 valence electrons. The number of pyridine rings is 1. The normalized spacial score (nSPS) is 10.9. The van der Waals surface area contributed by atoms with Crippen LogP contribution in [0.2, 0.25) is 0 Å². The lowest BCUT2D eigenvalue weighted by Gasteiger charge is -2.24. The molecule has 2 amide bonds. The number of aromatic nitrogens is 2. The van der Waals surface area contributed by atoms with Crippen molar-refractivity contribution >= 4 is 34.4 Å². The summed E-state index contributed by atoms with van der Waals surface area (Å²) in [6.45, 7) is 8.52. The van der Waals surface area contributed by atoms with Gasteiger partial charge in [-0.25, -0.2) is 0 Å². The van der Waals surface area contributed by atoms with Crippen LogP contribution in [0.3, 0.4) is 0 Å². The number of fused-ring (bicyclic) bond motifs is 1. The molecule has 0 atom stereocenters. The molecule has 0 fully saturated rings. The second kappa shape index (κ2) is 14.8. The highest BCUT2D eigenvalue weighted by Crippen LogP contribution is 2.39. The van der Waals surface area contributed by atoms with Gasteiger partial charge in [0.05, 0.1) is 6.61 Å². The molecule has 2 N–H and O–H groups in total. The lowest BCUT2D eigenvalue weighted by atomic mass is 10.00. The number of hydrogen-bond donors (Lipinski definition) is 2. The molecule has 0 aliphatic rings. The summed E-state index contributed by atoms with van der Waals surface area (Å²) < 4.78 is 13.2. The maximum absolute atomic E-state index is 14.2. The molecule has 0 bridgehead atoms. The van der Waals surface area contributed by atoms with Crippen LogP contribution in [0.25, 0.3) is 22.0 Å². The minimum absolute atomic E-state index is 0.183.